The third kappa shape index (κ3) is 5.59. The monoisotopic (exact) mass is 453 g/mol. The lowest BCUT2D eigenvalue weighted by molar-refractivity contribution is 0.416. The zero-order chi connectivity index (χ0) is 21.6. The third-order valence-electron chi connectivity index (χ3n) is 4.16. The van der Waals surface area contributed by atoms with E-state index in [1.807, 2.05) is 37.3 Å². The van der Waals surface area contributed by atoms with Crippen molar-refractivity contribution in [3.05, 3.63) is 54.7 Å². The van der Waals surface area contributed by atoms with Gasteiger partial charge in [-0.3, -0.25) is 0 Å². The Morgan fingerprint density at radius 3 is 2.87 bits per heavy atom. The van der Waals surface area contributed by atoms with Crippen LogP contribution in [0.2, 0.25) is 0 Å². The van der Waals surface area contributed by atoms with E-state index in [1.54, 1.807) is 23.3 Å². The number of anilines is 2. The van der Waals surface area contributed by atoms with Crippen LogP contribution in [-0.2, 0) is 13.0 Å². The van der Waals surface area contributed by atoms with Crippen molar-refractivity contribution in [1.29, 1.82) is 0 Å². The molecule has 4 aromatic heterocycles. The summed E-state index contributed by atoms with van der Waals surface area (Å²) in [6.45, 7) is 7.02. The van der Waals surface area contributed by atoms with Crippen molar-refractivity contribution in [2.75, 3.05) is 5.32 Å². The van der Waals surface area contributed by atoms with Gasteiger partial charge in [0.1, 0.15) is 10.9 Å². The molecule has 0 atom stereocenters. The van der Waals surface area contributed by atoms with Crippen molar-refractivity contribution in [1.82, 2.24) is 29.1 Å². The zero-order valence-electron chi connectivity index (χ0n) is 17.5. The summed E-state index contributed by atoms with van der Waals surface area (Å²) >= 11 is 2.84. The Hall–Kier alpha value is -2.98. The topological polar surface area (TPSA) is 90.6 Å². The van der Waals surface area contributed by atoms with E-state index in [-0.39, 0.29) is 0 Å². The van der Waals surface area contributed by atoms with Gasteiger partial charge in [0.2, 0.25) is 11.0 Å². The molecule has 0 aliphatic rings. The number of ether oxygens (including phenoxy) is 1. The first-order chi connectivity index (χ1) is 15.1. The summed E-state index contributed by atoms with van der Waals surface area (Å²) < 4.78 is 12.4. The van der Waals surface area contributed by atoms with Crippen LogP contribution >= 0.6 is 23.3 Å². The summed E-state index contributed by atoms with van der Waals surface area (Å²) in [6, 6.07) is 9.59. The second-order valence-corrected chi connectivity index (χ2v) is 8.96. The van der Waals surface area contributed by atoms with E-state index in [2.05, 4.69) is 43.6 Å². The Morgan fingerprint density at radius 2 is 2.10 bits per heavy atom. The van der Waals surface area contributed by atoms with Gasteiger partial charge in [-0.05, 0) is 25.0 Å². The van der Waals surface area contributed by atoms with Crippen LogP contribution in [-0.4, -0.2) is 29.1 Å². The fourth-order valence-corrected chi connectivity index (χ4v) is 4.16. The summed E-state index contributed by atoms with van der Waals surface area (Å²) in [5.74, 6) is 3.12. The predicted molar refractivity (Wildman–Crippen MR) is 122 cm³/mol. The molecule has 4 aromatic rings. The Morgan fingerprint density at radius 1 is 1.19 bits per heavy atom. The molecule has 0 aliphatic heterocycles. The van der Waals surface area contributed by atoms with Crippen molar-refractivity contribution < 1.29 is 4.74 Å². The molecule has 0 bridgehead atoms. The maximum atomic E-state index is 6.19. The fourth-order valence-electron chi connectivity index (χ4n) is 2.79. The number of nitrogens with one attached hydrogen (secondary N) is 1. The van der Waals surface area contributed by atoms with Crippen molar-refractivity contribution >= 4 is 34.2 Å². The van der Waals surface area contributed by atoms with Gasteiger partial charge < -0.3 is 10.1 Å². The molecule has 31 heavy (non-hydrogen) atoms. The second kappa shape index (κ2) is 9.88. The zero-order valence-corrected chi connectivity index (χ0v) is 19.2. The summed E-state index contributed by atoms with van der Waals surface area (Å²) in [4.78, 5) is 14.5. The van der Waals surface area contributed by atoms with Crippen molar-refractivity contribution in [2.45, 2.75) is 43.7 Å². The Labute approximate surface area is 189 Å². The number of nitrogens with zero attached hydrogens (tertiary/aromatic N) is 6. The molecular formula is C21H23N7OS2. The summed E-state index contributed by atoms with van der Waals surface area (Å²) in [5.41, 5.74) is 0. The molecule has 0 aromatic carbocycles. The van der Waals surface area contributed by atoms with E-state index in [0.717, 1.165) is 22.2 Å². The largest absolute Gasteiger partial charge is 0.435 e. The molecule has 160 valence electrons. The molecular weight excluding hydrogens is 430 g/mol. The smallest absolute Gasteiger partial charge is 0.217 e. The van der Waals surface area contributed by atoms with Crippen LogP contribution in [0.5, 0.6) is 11.6 Å². The van der Waals surface area contributed by atoms with E-state index in [1.165, 1.54) is 23.3 Å². The summed E-state index contributed by atoms with van der Waals surface area (Å²) in [6.07, 6.45) is 6.12. The standard InChI is InChI=1S/C21H23N7OS2/c1-4-28-19(8-10-24-28)29-16-12-15(30-18-7-5-6-9-22-18)13-23-20(16)26-21-25-17(27-31-21)11-14(2)3/h5-10,12-14H,4,11H2,1-3H3,(H,23,25,26,27). The van der Waals surface area contributed by atoms with Gasteiger partial charge in [0.25, 0.3) is 0 Å². The lowest BCUT2D eigenvalue weighted by atomic mass is 10.1. The molecule has 8 nitrogen and oxygen atoms in total. The molecule has 0 radical (unpaired) electrons. The molecule has 0 amide bonds. The first-order valence-corrected chi connectivity index (χ1v) is 11.6. The Kier molecular flexibility index (Phi) is 6.78. The average molecular weight is 454 g/mol. The lowest BCUT2D eigenvalue weighted by Gasteiger charge is -2.12. The highest BCUT2D eigenvalue weighted by atomic mass is 32.2. The molecule has 0 aliphatic carbocycles. The maximum Gasteiger partial charge on any atom is 0.217 e. The number of pyridine rings is 2. The SMILES string of the molecule is CCn1nccc1Oc1cc(Sc2ccccn2)cnc1Nc1nc(CC(C)C)ns1. The van der Waals surface area contributed by atoms with Crippen LogP contribution < -0.4 is 10.1 Å². The predicted octanol–water partition coefficient (Wildman–Crippen LogP) is 5.43. The van der Waals surface area contributed by atoms with E-state index in [9.17, 15) is 0 Å². The number of hydrogen-bond acceptors (Lipinski definition) is 9. The highest BCUT2D eigenvalue weighted by Gasteiger charge is 2.15. The first kappa shape index (κ1) is 21.3. The molecule has 0 saturated heterocycles. The van der Waals surface area contributed by atoms with Gasteiger partial charge in [-0.25, -0.2) is 19.6 Å². The number of hydrogen-bond donors (Lipinski definition) is 1. The minimum Gasteiger partial charge on any atom is -0.435 e. The van der Waals surface area contributed by atoms with Gasteiger partial charge in [-0.1, -0.05) is 31.7 Å². The van der Waals surface area contributed by atoms with Crippen molar-refractivity contribution in [3.63, 3.8) is 0 Å². The van der Waals surface area contributed by atoms with Crippen LogP contribution in [0.1, 0.15) is 26.6 Å². The highest BCUT2D eigenvalue weighted by molar-refractivity contribution is 7.99. The third-order valence-corrected chi connectivity index (χ3v) is 5.74. The van der Waals surface area contributed by atoms with E-state index in [0.29, 0.717) is 35.0 Å². The van der Waals surface area contributed by atoms with Crippen molar-refractivity contribution in [3.8, 4) is 11.6 Å². The van der Waals surface area contributed by atoms with Gasteiger partial charge in [0, 0.05) is 53.9 Å². The minimum atomic E-state index is 0.497. The van der Waals surface area contributed by atoms with Crippen molar-refractivity contribution in [2.24, 2.45) is 5.92 Å². The summed E-state index contributed by atoms with van der Waals surface area (Å²) in [7, 11) is 0. The molecule has 0 fully saturated rings. The Balaban J connectivity index is 1.62. The molecule has 4 rings (SSSR count). The fraction of sp³-hybridized carbons (Fsp3) is 0.286. The van der Waals surface area contributed by atoms with Gasteiger partial charge in [0.15, 0.2) is 11.6 Å². The molecule has 0 spiro atoms. The molecule has 1 N–H and O–H groups in total. The summed E-state index contributed by atoms with van der Waals surface area (Å²) in [5, 5.41) is 9.11. The Bertz CT molecular complexity index is 1130. The molecule has 10 heteroatoms. The van der Waals surface area contributed by atoms with Crippen LogP contribution in [0.15, 0.2) is 58.8 Å². The van der Waals surface area contributed by atoms with Crippen LogP contribution in [0.25, 0.3) is 0 Å². The lowest BCUT2D eigenvalue weighted by Crippen LogP contribution is -2.02. The van der Waals surface area contributed by atoms with Crippen LogP contribution in [0, 0.1) is 5.92 Å². The number of rotatable bonds is 9. The molecule has 0 unspecified atom stereocenters. The van der Waals surface area contributed by atoms with Gasteiger partial charge in [-0.2, -0.15) is 9.47 Å². The quantitative estimate of drug-likeness (QED) is 0.359. The first-order valence-electron chi connectivity index (χ1n) is 9.99. The van der Waals surface area contributed by atoms with E-state index in [4.69, 9.17) is 4.74 Å². The van der Waals surface area contributed by atoms with Gasteiger partial charge in [-0.15, -0.1) is 0 Å². The van der Waals surface area contributed by atoms with Gasteiger partial charge >= 0.3 is 0 Å². The highest BCUT2D eigenvalue weighted by Crippen LogP contribution is 2.35. The average Bonchev–Trinajstić information content (AvgIpc) is 3.39. The normalized spacial score (nSPS) is 11.1. The van der Waals surface area contributed by atoms with Crippen LogP contribution in [0.4, 0.5) is 10.9 Å². The number of aromatic nitrogens is 6. The maximum absolute atomic E-state index is 6.19. The van der Waals surface area contributed by atoms with Gasteiger partial charge in [0.05, 0.1) is 6.20 Å². The molecule has 4 heterocycles. The van der Waals surface area contributed by atoms with E-state index < -0.39 is 0 Å². The minimum absolute atomic E-state index is 0.497. The van der Waals surface area contributed by atoms with E-state index >= 15 is 0 Å². The van der Waals surface area contributed by atoms with Crippen LogP contribution in [0.3, 0.4) is 0 Å². The number of aryl methyl sites for hydroxylation is 1. The molecule has 0 saturated carbocycles. The second-order valence-electron chi connectivity index (χ2n) is 7.11.